The first kappa shape index (κ1) is 23.3. The predicted octanol–water partition coefficient (Wildman–Crippen LogP) is 7.09. The van der Waals surface area contributed by atoms with Crippen molar-refractivity contribution in [1.82, 2.24) is 14.8 Å². The van der Waals surface area contributed by atoms with Gasteiger partial charge in [0.2, 0.25) is 0 Å². The Bertz CT molecular complexity index is 1510. The second kappa shape index (κ2) is 9.64. The topological polar surface area (TPSA) is 51.0 Å². The maximum absolute atomic E-state index is 13.8. The summed E-state index contributed by atoms with van der Waals surface area (Å²) in [6, 6.07) is 23.8. The van der Waals surface area contributed by atoms with Gasteiger partial charge in [0.05, 0.1) is 22.5 Å². The van der Waals surface area contributed by atoms with Crippen LogP contribution in [0.4, 0.5) is 5.13 Å². The van der Waals surface area contributed by atoms with Crippen molar-refractivity contribution in [2.45, 2.75) is 27.3 Å². The van der Waals surface area contributed by atoms with Gasteiger partial charge in [0.25, 0.3) is 5.91 Å². The van der Waals surface area contributed by atoms with E-state index in [0.717, 1.165) is 38.3 Å². The number of carbonyl (C=O) groups excluding carboxylic acids is 1. The van der Waals surface area contributed by atoms with Gasteiger partial charge in [-0.15, -0.1) is 0 Å². The Kier molecular flexibility index (Phi) is 6.41. The van der Waals surface area contributed by atoms with E-state index in [4.69, 9.17) is 16.6 Å². The summed E-state index contributed by atoms with van der Waals surface area (Å²) in [6.45, 7) is 6.98. The first-order valence-corrected chi connectivity index (χ1v) is 12.6. The molecule has 5 nitrogen and oxygen atoms in total. The molecule has 1 amide bonds. The number of hydrogen-bond donors (Lipinski definition) is 0. The molecule has 0 bridgehead atoms. The summed E-state index contributed by atoms with van der Waals surface area (Å²) in [7, 11) is 0. The van der Waals surface area contributed by atoms with Gasteiger partial charge in [-0.05, 0) is 67.8 Å². The molecule has 0 fully saturated rings. The molecule has 7 heteroatoms. The molecule has 0 radical (unpaired) electrons. The van der Waals surface area contributed by atoms with E-state index >= 15 is 0 Å². The standard InChI is InChI=1S/C28H25ClN4OS/c1-18-17-19(2)33(31-18)16-15-32(28-30-26-20(3)24(29)13-14-25(26)35-28)27(34)23-11-9-22(10-12-23)21-7-5-4-6-8-21/h4-14,17H,15-16H2,1-3H3. The number of hydrogen-bond acceptors (Lipinski definition) is 4. The number of halogens is 1. The summed E-state index contributed by atoms with van der Waals surface area (Å²) in [6.07, 6.45) is 0. The molecule has 0 aliphatic heterocycles. The van der Waals surface area contributed by atoms with Gasteiger partial charge in [-0.1, -0.05) is 65.4 Å². The van der Waals surface area contributed by atoms with Crippen LogP contribution in [0.5, 0.6) is 0 Å². The second-order valence-corrected chi connectivity index (χ2v) is 9.98. The van der Waals surface area contributed by atoms with Gasteiger partial charge in [-0.25, -0.2) is 4.98 Å². The molecule has 35 heavy (non-hydrogen) atoms. The second-order valence-electron chi connectivity index (χ2n) is 8.57. The van der Waals surface area contributed by atoms with E-state index in [1.54, 1.807) is 4.90 Å². The summed E-state index contributed by atoms with van der Waals surface area (Å²) in [5.74, 6) is -0.0889. The molecular weight excluding hydrogens is 476 g/mol. The zero-order chi connectivity index (χ0) is 24.5. The molecule has 0 saturated heterocycles. The summed E-state index contributed by atoms with van der Waals surface area (Å²) in [5.41, 5.74) is 6.59. The molecule has 0 aliphatic carbocycles. The summed E-state index contributed by atoms with van der Waals surface area (Å²) in [5, 5.41) is 5.89. The average molecular weight is 501 g/mol. The molecule has 0 unspecified atom stereocenters. The van der Waals surface area contributed by atoms with Crippen LogP contribution in [0.1, 0.15) is 27.3 Å². The highest BCUT2D eigenvalue weighted by Crippen LogP contribution is 2.34. The van der Waals surface area contributed by atoms with Crippen molar-refractivity contribution in [1.29, 1.82) is 0 Å². The summed E-state index contributed by atoms with van der Waals surface area (Å²) >= 11 is 7.84. The van der Waals surface area contributed by atoms with Gasteiger partial charge in [-0.3, -0.25) is 14.4 Å². The number of benzene rings is 3. The number of nitrogens with zero attached hydrogens (tertiary/aromatic N) is 4. The highest BCUT2D eigenvalue weighted by atomic mass is 35.5. The SMILES string of the molecule is Cc1cc(C)n(CCN(C(=O)c2ccc(-c3ccccc3)cc2)c2nc3c(C)c(Cl)ccc3s2)n1. The molecule has 2 heterocycles. The van der Waals surface area contributed by atoms with E-state index in [1.807, 2.05) is 86.1 Å². The Morgan fingerprint density at radius 1 is 0.971 bits per heavy atom. The van der Waals surface area contributed by atoms with Crippen LogP contribution in [0.25, 0.3) is 21.3 Å². The number of anilines is 1. The number of fused-ring (bicyclic) bond motifs is 1. The summed E-state index contributed by atoms with van der Waals surface area (Å²) < 4.78 is 2.94. The van der Waals surface area contributed by atoms with E-state index in [-0.39, 0.29) is 5.91 Å². The Balaban J connectivity index is 1.49. The van der Waals surface area contributed by atoms with Crippen LogP contribution in [-0.4, -0.2) is 27.2 Å². The molecule has 2 aromatic heterocycles. The highest BCUT2D eigenvalue weighted by Gasteiger charge is 2.22. The third-order valence-electron chi connectivity index (χ3n) is 6.09. The third-order valence-corrected chi connectivity index (χ3v) is 7.54. The molecule has 0 saturated carbocycles. The maximum Gasteiger partial charge on any atom is 0.260 e. The van der Waals surface area contributed by atoms with E-state index in [1.165, 1.54) is 11.3 Å². The predicted molar refractivity (Wildman–Crippen MR) is 145 cm³/mol. The van der Waals surface area contributed by atoms with Crippen LogP contribution in [0, 0.1) is 20.8 Å². The fraction of sp³-hybridized carbons (Fsp3) is 0.179. The lowest BCUT2D eigenvalue weighted by atomic mass is 10.0. The van der Waals surface area contributed by atoms with Crippen molar-refractivity contribution >= 4 is 44.2 Å². The van der Waals surface area contributed by atoms with E-state index in [0.29, 0.717) is 28.8 Å². The van der Waals surface area contributed by atoms with Crippen molar-refractivity contribution < 1.29 is 4.79 Å². The maximum atomic E-state index is 13.8. The number of rotatable bonds is 6. The number of aryl methyl sites for hydroxylation is 3. The molecular formula is C28H25ClN4OS. The van der Waals surface area contributed by atoms with Gasteiger partial charge in [-0.2, -0.15) is 5.10 Å². The number of thiazole rings is 1. The quantitative estimate of drug-likeness (QED) is 0.250. The number of aromatic nitrogens is 3. The first-order chi connectivity index (χ1) is 16.9. The van der Waals surface area contributed by atoms with Crippen LogP contribution in [-0.2, 0) is 6.54 Å². The molecule has 0 aliphatic rings. The first-order valence-electron chi connectivity index (χ1n) is 11.4. The van der Waals surface area contributed by atoms with Crippen LogP contribution < -0.4 is 4.90 Å². The smallest absolute Gasteiger partial charge is 0.260 e. The van der Waals surface area contributed by atoms with Gasteiger partial charge in [0.15, 0.2) is 5.13 Å². The molecule has 0 atom stereocenters. The van der Waals surface area contributed by atoms with E-state index < -0.39 is 0 Å². The normalized spacial score (nSPS) is 11.2. The Hall–Kier alpha value is -3.48. The van der Waals surface area contributed by atoms with Gasteiger partial charge < -0.3 is 0 Å². The Morgan fingerprint density at radius 2 is 1.69 bits per heavy atom. The lowest BCUT2D eigenvalue weighted by molar-refractivity contribution is 0.0985. The zero-order valence-corrected chi connectivity index (χ0v) is 21.4. The molecule has 3 aromatic carbocycles. The van der Waals surface area contributed by atoms with E-state index in [2.05, 4.69) is 17.2 Å². The highest BCUT2D eigenvalue weighted by molar-refractivity contribution is 7.22. The van der Waals surface area contributed by atoms with Crippen LogP contribution in [0.3, 0.4) is 0 Å². The largest absolute Gasteiger partial charge is 0.282 e. The molecule has 5 rings (SSSR count). The van der Waals surface area contributed by atoms with Gasteiger partial charge in [0, 0.05) is 22.8 Å². The Labute approximate surface area is 213 Å². The lowest BCUT2D eigenvalue weighted by Crippen LogP contribution is -2.34. The molecule has 176 valence electrons. The lowest BCUT2D eigenvalue weighted by Gasteiger charge is -2.20. The van der Waals surface area contributed by atoms with Crippen molar-refractivity contribution in [3.05, 3.63) is 100 Å². The van der Waals surface area contributed by atoms with Gasteiger partial charge >= 0.3 is 0 Å². The van der Waals surface area contributed by atoms with Crippen LogP contribution in [0.15, 0.2) is 72.8 Å². The molecule has 0 N–H and O–H groups in total. The minimum atomic E-state index is -0.0889. The number of amides is 1. The van der Waals surface area contributed by atoms with Crippen LogP contribution in [0.2, 0.25) is 5.02 Å². The Morgan fingerprint density at radius 3 is 2.37 bits per heavy atom. The third kappa shape index (κ3) is 4.72. The van der Waals surface area contributed by atoms with Crippen molar-refractivity contribution in [2.75, 3.05) is 11.4 Å². The summed E-state index contributed by atoms with van der Waals surface area (Å²) in [4.78, 5) is 20.4. The van der Waals surface area contributed by atoms with Crippen molar-refractivity contribution in [2.24, 2.45) is 0 Å². The van der Waals surface area contributed by atoms with Crippen molar-refractivity contribution in [3.8, 4) is 11.1 Å². The fourth-order valence-corrected chi connectivity index (χ4v) is 5.38. The van der Waals surface area contributed by atoms with E-state index in [9.17, 15) is 4.79 Å². The van der Waals surface area contributed by atoms with Crippen LogP contribution >= 0.6 is 22.9 Å². The fourth-order valence-electron chi connectivity index (χ4n) is 4.18. The molecule has 0 spiro atoms. The van der Waals surface area contributed by atoms with Crippen molar-refractivity contribution in [3.63, 3.8) is 0 Å². The minimum Gasteiger partial charge on any atom is -0.282 e. The average Bonchev–Trinajstić information content (AvgIpc) is 3.45. The molecule has 5 aromatic rings. The number of carbonyl (C=O) groups is 1. The zero-order valence-electron chi connectivity index (χ0n) is 19.8. The van der Waals surface area contributed by atoms with Gasteiger partial charge in [0.1, 0.15) is 0 Å². The monoisotopic (exact) mass is 500 g/mol. The minimum absolute atomic E-state index is 0.0889.